The summed E-state index contributed by atoms with van der Waals surface area (Å²) in [4.78, 5) is 16.8. The Morgan fingerprint density at radius 3 is 2.23 bits per heavy atom. The molecule has 1 aromatic rings. The lowest BCUT2D eigenvalue weighted by Crippen LogP contribution is -2.32. The second-order valence-electron chi connectivity index (χ2n) is 7.10. The summed E-state index contributed by atoms with van der Waals surface area (Å²) in [5.74, 6) is 1.04. The maximum atomic E-state index is 12.4. The van der Waals surface area contributed by atoms with Crippen molar-refractivity contribution in [3.8, 4) is 6.07 Å². The van der Waals surface area contributed by atoms with Crippen LogP contribution in [-0.4, -0.2) is 54.2 Å². The van der Waals surface area contributed by atoms with Gasteiger partial charge in [0.15, 0.2) is 0 Å². The molecule has 0 saturated carbocycles. The molecule has 0 aromatic carbocycles. The lowest BCUT2D eigenvalue weighted by molar-refractivity contribution is -0.143. The van der Waals surface area contributed by atoms with E-state index in [4.69, 9.17) is 4.74 Å². The number of ether oxygens (including phenoxy) is 1. The van der Waals surface area contributed by atoms with Gasteiger partial charge < -0.3 is 4.74 Å². The van der Waals surface area contributed by atoms with Crippen molar-refractivity contribution in [3.05, 3.63) is 22.9 Å². The van der Waals surface area contributed by atoms with Crippen LogP contribution in [0.3, 0.4) is 0 Å². The number of carbonyl (C=O) groups excluding carboxylic acids is 1. The second-order valence-corrected chi connectivity index (χ2v) is 11.3. The molecule has 0 aliphatic rings. The molecule has 0 fully saturated rings. The minimum atomic E-state index is -1.11. The van der Waals surface area contributed by atoms with E-state index in [9.17, 15) is 18.5 Å². The quantitative estimate of drug-likeness (QED) is 0.301. The van der Waals surface area contributed by atoms with Gasteiger partial charge in [-0.3, -0.25) is 13.2 Å². The molecular weight excluding hydrogens is 440 g/mol. The average molecular weight is 473 g/mol. The first-order valence-corrected chi connectivity index (χ1v) is 14.2. The van der Waals surface area contributed by atoms with Gasteiger partial charge in [-0.1, -0.05) is 38.5 Å². The monoisotopic (exact) mass is 472 g/mol. The second kappa shape index (κ2) is 14.7. The maximum absolute atomic E-state index is 12.4. The molecule has 0 bridgehead atoms. The Hall–Kier alpha value is -1.24. The number of hydrogen-bond donors (Lipinski definition) is 0. The fourth-order valence-electron chi connectivity index (χ4n) is 2.70. The van der Waals surface area contributed by atoms with Gasteiger partial charge in [0.25, 0.3) is 0 Å². The molecule has 1 rings (SSSR count). The molecule has 0 aliphatic heterocycles. The van der Waals surface area contributed by atoms with Gasteiger partial charge in [-0.2, -0.15) is 5.26 Å². The summed E-state index contributed by atoms with van der Waals surface area (Å²) < 4.78 is 30.1. The molecule has 0 aliphatic carbocycles. The average Bonchev–Trinajstić information content (AvgIpc) is 2.68. The molecular formula is C21H32N2O4S3. The van der Waals surface area contributed by atoms with Crippen LogP contribution in [0.4, 0.5) is 0 Å². The Balaban J connectivity index is 2.75. The number of carbonyl (C=O) groups is 1. The van der Waals surface area contributed by atoms with E-state index in [2.05, 4.69) is 11.1 Å². The number of aromatic nitrogens is 1. The summed E-state index contributed by atoms with van der Waals surface area (Å²) in [5.41, 5.74) is 2.05. The van der Waals surface area contributed by atoms with Crippen molar-refractivity contribution in [1.82, 2.24) is 4.98 Å². The molecule has 0 N–H and O–H groups in total. The van der Waals surface area contributed by atoms with Crippen LogP contribution in [0.5, 0.6) is 0 Å². The van der Waals surface area contributed by atoms with Gasteiger partial charge in [-0.15, -0.1) is 0 Å². The molecule has 1 heterocycles. The van der Waals surface area contributed by atoms with Crippen LogP contribution in [-0.2, 0) is 31.1 Å². The molecule has 0 radical (unpaired) electrons. The number of nitrogens with zero attached hydrogens (tertiary/aromatic N) is 2. The highest BCUT2D eigenvalue weighted by Crippen LogP contribution is 2.23. The topological polar surface area (TPSA) is 97.1 Å². The number of esters is 1. The molecule has 9 heteroatoms. The molecule has 6 nitrogen and oxygen atoms in total. The van der Waals surface area contributed by atoms with E-state index in [0.29, 0.717) is 22.1 Å². The van der Waals surface area contributed by atoms with Crippen molar-refractivity contribution < 1.29 is 17.9 Å². The third-order valence-corrected chi connectivity index (χ3v) is 8.17. The van der Waals surface area contributed by atoms with Gasteiger partial charge in [0, 0.05) is 38.8 Å². The first kappa shape index (κ1) is 26.8. The lowest BCUT2D eigenvalue weighted by Gasteiger charge is -2.17. The number of thioether (sulfide) groups is 1. The van der Waals surface area contributed by atoms with Gasteiger partial charge in [-0.25, -0.2) is 4.98 Å². The van der Waals surface area contributed by atoms with Crippen molar-refractivity contribution in [2.24, 2.45) is 0 Å². The highest BCUT2D eigenvalue weighted by Gasteiger charge is 2.21. The van der Waals surface area contributed by atoms with E-state index < -0.39 is 33.7 Å². The van der Waals surface area contributed by atoms with Crippen LogP contribution in [0.2, 0.25) is 0 Å². The molecule has 0 spiro atoms. The Morgan fingerprint density at radius 1 is 1.17 bits per heavy atom. The Labute approximate surface area is 189 Å². The van der Waals surface area contributed by atoms with E-state index in [-0.39, 0.29) is 17.3 Å². The molecule has 2 unspecified atom stereocenters. The third-order valence-electron chi connectivity index (χ3n) is 4.24. The van der Waals surface area contributed by atoms with Crippen LogP contribution in [0, 0.1) is 25.2 Å². The van der Waals surface area contributed by atoms with Crippen LogP contribution < -0.4 is 0 Å². The van der Waals surface area contributed by atoms with Gasteiger partial charge in [0.05, 0.1) is 22.8 Å². The number of aryl methyl sites for hydroxylation is 2. The van der Waals surface area contributed by atoms with Crippen molar-refractivity contribution in [2.45, 2.75) is 64.5 Å². The van der Waals surface area contributed by atoms with E-state index in [1.165, 1.54) is 0 Å². The highest BCUT2D eigenvalue weighted by molar-refractivity contribution is 7.99. The van der Waals surface area contributed by atoms with Crippen LogP contribution >= 0.6 is 11.8 Å². The number of pyridine rings is 1. The maximum Gasteiger partial charge on any atom is 0.316 e. The van der Waals surface area contributed by atoms with Gasteiger partial charge in [-0.05, 0) is 38.3 Å². The van der Waals surface area contributed by atoms with Crippen molar-refractivity contribution in [2.75, 3.05) is 28.8 Å². The van der Waals surface area contributed by atoms with E-state index in [1.807, 2.05) is 33.8 Å². The van der Waals surface area contributed by atoms with E-state index in [1.54, 1.807) is 0 Å². The van der Waals surface area contributed by atoms with Crippen molar-refractivity contribution in [3.63, 3.8) is 0 Å². The normalized spacial score (nSPS) is 14.0. The molecule has 168 valence electrons. The van der Waals surface area contributed by atoms with E-state index in [0.717, 1.165) is 48.7 Å². The Kier molecular flexibility index (Phi) is 13.1. The zero-order valence-electron chi connectivity index (χ0n) is 18.3. The predicted molar refractivity (Wildman–Crippen MR) is 125 cm³/mol. The highest BCUT2D eigenvalue weighted by atomic mass is 32.2. The molecule has 0 amide bonds. The van der Waals surface area contributed by atoms with Crippen molar-refractivity contribution in [1.29, 1.82) is 5.26 Å². The zero-order chi connectivity index (χ0) is 22.5. The predicted octanol–water partition coefficient (Wildman–Crippen LogP) is 3.67. The number of hydrogen-bond acceptors (Lipinski definition) is 7. The SMILES string of the molecule is CCCCS(=O)CC(CS(=O)CCCC)OC(=O)CSc1nc(C)cc(C)c1C#N. The molecule has 30 heavy (non-hydrogen) atoms. The summed E-state index contributed by atoms with van der Waals surface area (Å²) in [6, 6.07) is 3.96. The minimum absolute atomic E-state index is 0.00966. The van der Waals surface area contributed by atoms with Crippen LogP contribution in [0.1, 0.15) is 56.4 Å². The summed E-state index contributed by atoms with van der Waals surface area (Å²) >= 11 is 1.16. The largest absolute Gasteiger partial charge is 0.460 e. The first-order valence-electron chi connectivity index (χ1n) is 10.2. The molecule has 1 aromatic heterocycles. The number of rotatable bonds is 14. The van der Waals surface area contributed by atoms with Gasteiger partial charge in [0.2, 0.25) is 0 Å². The fraction of sp³-hybridized carbons (Fsp3) is 0.667. The van der Waals surface area contributed by atoms with Crippen molar-refractivity contribution >= 4 is 39.3 Å². The smallest absolute Gasteiger partial charge is 0.316 e. The first-order chi connectivity index (χ1) is 14.3. The Morgan fingerprint density at radius 2 is 1.73 bits per heavy atom. The molecule has 0 saturated heterocycles. The third kappa shape index (κ3) is 10.2. The fourth-order valence-corrected chi connectivity index (χ4v) is 6.49. The minimum Gasteiger partial charge on any atom is -0.460 e. The zero-order valence-corrected chi connectivity index (χ0v) is 20.7. The van der Waals surface area contributed by atoms with Crippen LogP contribution in [0.15, 0.2) is 11.1 Å². The number of nitriles is 1. The summed E-state index contributed by atoms with van der Waals surface area (Å²) in [6.07, 6.45) is 2.95. The van der Waals surface area contributed by atoms with Gasteiger partial charge in [0.1, 0.15) is 17.2 Å². The van der Waals surface area contributed by atoms with Crippen LogP contribution in [0.25, 0.3) is 0 Å². The summed E-state index contributed by atoms with van der Waals surface area (Å²) in [6.45, 7) is 7.73. The number of unbranched alkanes of at least 4 members (excludes halogenated alkanes) is 2. The summed E-state index contributed by atoms with van der Waals surface area (Å²) in [7, 11) is -2.23. The summed E-state index contributed by atoms with van der Waals surface area (Å²) in [5, 5.41) is 9.86. The Bertz CT molecular complexity index is 771. The lowest BCUT2D eigenvalue weighted by atomic mass is 10.1. The van der Waals surface area contributed by atoms with Gasteiger partial charge >= 0.3 is 5.97 Å². The molecule has 2 atom stereocenters. The van der Waals surface area contributed by atoms with E-state index >= 15 is 0 Å². The standard InChI is InChI=1S/C21H32N2O4S3/c1-5-7-9-29(25)14-18(15-30(26)10-8-6-2)27-20(24)13-28-21-19(12-22)16(3)11-17(4)23-21/h11,18H,5-10,13-15H2,1-4H3.